The van der Waals surface area contributed by atoms with E-state index in [4.69, 9.17) is 0 Å². The van der Waals surface area contributed by atoms with E-state index in [1.54, 1.807) is 4.91 Å². The molecular weight excluding hydrogens is 228 g/mol. The van der Waals surface area contributed by atoms with Gasteiger partial charge in [0.2, 0.25) is 0 Å². The Hall–Kier alpha value is -0.930. The largest absolute Gasteiger partial charge is 0.294 e. The third-order valence-corrected chi connectivity index (χ3v) is 4.99. The van der Waals surface area contributed by atoms with Crippen LogP contribution in [-0.4, -0.2) is 29.0 Å². The molecule has 4 rings (SSSR count). The Morgan fingerprint density at radius 2 is 1.88 bits per heavy atom. The zero-order valence-corrected chi connectivity index (χ0v) is 10.7. The summed E-state index contributed by atoms with van der Waals surface area (Å²) >= 11 is 2.03. The van der Waals surface area contributed by atoms with Gasteiger partial charge in [-0.05, 0) is 18.4 Å². The lowest BCUT2D eigenvalue weighted by molar-refractivity contribution is 0.0861. The summed E-state index contributed by atoms with van der Waals surface area (Å²) in [6.07, 6.45) is 3.86. The lowest BCUT2D eigenvalue weighted by Crippen LogP contribution is -2.37. The van der Waals surface area contributed by atoms with Gasteiger partial charge in [0.05, 0.1) is 11.6 Å². The van der Waals surface area contributed by atoms with Crippen LogP contribution in [0.5, 0.6) is 0 Å². The fourth-order valence-electron chi connectivity index (χ4n) is 3.08. The van der Waals surface area contributed by atoms with E-state index in [9.17, 15) is 0 Å². The molecule has 0 amide bonds. The Labute approximate surface area is 106 Å². The molecule has 1 aromatic rings. The fourth-order valence-corrected chi connectivity index (χ4v) is 4.26. The lowest BCUT2D eigenvalue weighted by atomic mass is 10.1. The van der Waals surface area contributed by atoms with E-state index in [-0.39, 0.29) is 0 Å². The quantitative estimate of drug-likeness (QED) is 0.750. The molecule has 2 aliphatic heterocycles. The number of fused-ring (bicyclic) bond motifs is 2. The van der Waals surface area contributed by atoms with Gasteiger partial charge in [0.1, 0.15) is 0 Å². The third kappa shape index (κ3) is 1.45. The van der Waals surface area contributed by atoms with Crippen molar-refractivity contribution in [2.75, 3.05) is 19.0 Å². The standard InChI is InChI=1S/C14H16N2S/c1-2-6-12-11(5-1)9-13-14(12)16(10-17-13)15-7-3-4-8-15/h1-2,5-6H,3-4,7-10H2. The van der Waals surface area contributed by atoms with Crippen LogP contribution in [0.25, 0.3) is 5.70 Å². The van der Waals surface area contributed by atoms with E-state index in [0.717, 1.165) is 12.3 Å². The molecule has 0 saturated carbocycles. The maximum absolute atomic E-state index is 2.54. The van der Waals surface area contributed by atoms with E-state index < -0.39 is 0 Å². The van der Waals surface area contributed by atoms with E-state index in [1.807, 2.05) is 11.8 Å². The maximum atomic E-state index is 2.54. The molecule has 1 aliphatic carbocycles. The smallest absolute Gasteiger partial charge is 0.0846 e. The summed E-state index contributed by atoms with van der Waals surface area (Å²) in [6.45, 7) is 2.47. The normalized spacial score (nSPS) is 23.4. The maximum Gasteiger partial charge on any atom is 0.0846 e. The second kappa shape index (κ2) is 3.79. The second-order valence-electron chi connectivity index (χ2n) is 4.94. The number of hydrogen-bond donors (Lipinski definition) is 0. The summed E-state index contributed by atoms with van der Waals surface area (Å²) in [5, 5.41) is 5.07. The predicted octanol–water partition coefficient (Wildman–Crippen LogP) is 2.93. The van der Waals surface area contributed by atoms with Crippen molar-refractivity contribution in [1.29, 1.82) is 0 Å². The van der Waals surface area contributed by atoms with Gasteiger partial charge in [-0.3, -0.25) is 5.01 Å². The minimum absolute atomic E-state index is 1.12. The average Bonchev–Trinajstić information content (AvgIpc) is 3.04. The minimum atomic E-state index is 1.12. The van der Waals surface area contributed by atoms with Crippen molar-refractivity contribution < 1.29 is 0 Å². The van der Waals surface area contributed by atoms with Crippen LogP contribution < -0.4 is 0 Å². The van der Waals surface area contributed by atoms with Gasteiger partial charge < -0.3 is 0 Å². The van der Waals surface area contributed by atoms with Crippen molar-refractivity contribution in [3.63, 3.8) is 0 Å². The number of allylic oxidation sites excluding steroid dienone is 1. The predicted molar refractivity (Wildman–Crippen MR) is 72.2 cm³/mol. The van der Waals surface area contributed by atoms with Crippen molar-refractivity contribution in [3.8, 4) is 0 Å². The first-order valence-electron chi connectivity index (χ1n) is 6.40. The zero-order valence-electron chi connectivity index (χ0n) is 9.85. The first-order chi connectivity index (χ1) is 8.43. The molecular formula is C14H16N2S. The number of hydrogen-bond acceptors (Lipinski definition) is 3. The van der Waals surface area contributed by atoms with Gasteiger partial charge in [-0.25, -0.2) is 5.01 Å². The molecule has 0 atom stereocenters. The first-order valence-corrected chi connectivity index (χ1v) is 7.39. The summed E-state index contributed by atoms with van der Waals surface area (Å²) in [5.74, 6) is 1.12. The van der Waals surface area contributed by atoms with Crippen molar-refractivity contribution in [2.24, 2.45) is 0 Å². The lowest BCUT2D eigenvalue weighted by Gasteiger charge is -2.31. The number of rotatable bonds is 1. The molecule has 2 heterocycles. The molecule has 3 aliphatic rings. The van der Waals surface area contributed by atoms with Crippen LogP contribution >= 0.6 is 11.8 Å². The van der Waals surface area contributed by atoms with Crippen molar-refractivity contribution in [3.05, 3.63) is 40.3 Å². The molecule has 1 fully saturated rings. The van der Waals surface area contributed by atoms with E-state index in [2.05, 4.69) is 34.3 Å². The Kier molecular flexibility index (Phi) is 2.24. The van der Waals surface area contributed by atoms with Crippen molar-refractivity contribution in [2.45, 2.75) is 19.3 Å². The summed E-state index contributed by atoms with van der Waals surface area (Å²) in [5.41, 5.74) is 4.49. The molecule has 0 unspecified atom stereocenters. The monoisotopic (exact) mass is 244 g/mol. The van der Waals surface area contributed by atoms with Crippen LogP contribution in [0.4, 0.5) is 0 Å². The summed E-state index contributed by atoms with van der Waals surface area (Å²) < 4.78 is 0. The topological polar surface area (TPSA) is 6.48 Å². The Morgan fingerprint density at radius 3 is 2.76 bits per heavy atom. The highest BCUT2D eigenvalue weighted by Gasteiger charge is 2.34. The fraction of sp³-hybridized carbons (Fsp3) is 0.429. The van der Waals surface area contributed by atoms with Crippen molar-refractivity contribution in [1.82, 2.24) is 10.0 Å². The summed E-state index contributed by atoms with van der Waals surface area (Å²) in [4.78, 5) is 1.58. The SMILES string of the molecule is c1ccc2c(c1)CC1=C2N(N2CCCC2)CS1. The second-order valence-corrected chi connectivity index (χ2v) is 5.98. The molecule has 0 aromatic heterocycles. The van der Waals surface area contributed by atoms with Crippen LogP contribution in [-0.2, 0) is 6.42 Å². The van der Waals surface area contributed by atoms with E-state index in [0.29, 0.717) is 0 Å². The van der Waals surface area contributed by atoms with Gasteiger partial charge in [-0.2, -0.15) is 0 Å². The molecule has 0 bridgehead atoms. The van der Waals surface area contributed by atoms with Crippen LogP contribution in [0.2, 0.25) is 0 Å². The van der Waals surface area contributed by atoms with Gasteiger partial charge in [-0.1, -0.05) is 24.3 Å². The number of benzene rings is 1. The van der Waals surface area contributed by atoms with Crippen LogP contribution in [0.1, 0.15) is 24.0 Å². The third-order valence-electron chi connectivity index (χ3n) is 3.93. The van der Waals surface area contributed by atoms with Crippen LogP contribution in [0.3, 0.4) is 0 Å². The van der Waals surface area contributed by atoms with Gasteiger partial charge in [0, 0.05) is 30.0 Å². The average molecular weight is 244 g/mol. The number of hydrazine groups is 1. The van der Waals surface area contributed by atoms with Gasteiger partial charge in [-0.15, -0.1) is 11.8 Å². The van der Waals surface area contributed by atoms with Crippen LogP contribution in [0.15, 0.2) is 29.2 Å². The molecule has 2 nitrogen and oxygen atoms in total. The van der Waals surface area contributed by atoms with Crippen LogP contribution in [0, 0.1) is 0 Å². The number of thioether (sulfide) groups is 1. The molecule has 1 saturated heterocycles. The Balaban J connectivity index is 1.73. The summed E-state index contributed by atoms with van der Waals surface area (Å²) in [7, 11) is 0. The van der Waals surface area contributed by atoms with E-state index >= 15 is 0 Å². The highest BCUT2D eigenvalue weighted by atomic mass is 32.2. The molecule has 3 heteroatoms. The summed E-state index contributed by atoms with van der Waals surface area (Å²) in [6, 6.07) is 8.88. The van der Waals surface area contributed by atoms with Crippen molar-refractivity contribution >= 4 is 17.5 Å². The molecule has 0 radical (unpaired) electrons. The molecule has 17 heavy (non-hydrogen) atoms. The molecule has 1 aromatic carbocycles. The minimum Gasteiger partial charge on any atom is -0.294 e. The highest BCUT2D eigenvalue weighted by molar-refractivity contribution is 8.03. The van der Waals surface area contributed by atoms with E-state index in [1.165, 1.54) is 42.8 Å². The van der Waals surface area contributed by atoms with Gasteiger partial charge in [0.15, 0.2) is 0 Å². The van der Waals surface area contributed by atoms with Gasteiger partial charge in [0.25, 0.3) is 0 Å². The zero-order chi connectivity index (χ0) is 11.2. The molecule has 0 spiro atoms. The Bertz CT molecular complexity index is 489. The molecule has 88 valence electrons. The number of nitrogens with zero attached hydrogens (tertiary/aromatic N) is 2. The molecule has 0 N–H and O–H groups in total. The Morgan fingerprint density at radius 1 is 1.06 bits per heavy atom. The highest BCUT2D eigenvalue weighted by Crippen LogP contribution is 2.47. The first kappa shape index (κ1) is 10.0. The van der Waals surface area contributed by atoms with Gasteiger partial charge >= 0.3 is 0 Å².